The fourth-order valence-electron chi connectivity index (χ4n) is 2.71. The minimum Gasteiger partial charge on any atom is -0.459 e. The number of hydrogen-bond donors (Lipinski definition) is 2. The molecule has 0 radical (unpaired) electrons. The van der Waals surface area contributed by atoms with Crippen molar-refractivity contribution in [3.63, 3.8) is 0 Å². The van der Waals surface area contributed by atoms with Crippen LogP contribution in [0.2, 0.25) is 0 Å². The van der Waals surface area contributed by atoms with E-state index in [1.165, 1.54) is 17.6 Å². The van der Waals surface area contributed by atoms with Gasteiger partial charge in [0.05, 0.1) is 6.26 Å². The minimum absolute atomic E-state index is 0.193. The molecule has 0 bridgehead atoms. The first-order valence-electron chi connectivity index (χ1n) is 8.99. The number of hydrogen-bond acceptors (Lipinski definition) is 5. The van der Waals surface area contributed by atoms with Gasteiger partial charge in [-0.15, -0.1) is 0 Å². The van der Waals surface area contributed by atoms with Crippen LogP contribution in [0.15, 0.2) is 75.8 Å². The number of carbonyl (C=O) groups excluding carboxylic acids is 2. The highest BCUT2D eigenvalue weighted by Gasteiger charge is 2.19. The summed E-state index contributed by atoms with van der Waals surface area (Å²) in [4.78, 5) is 29.6. The van der Waals surface area contributed by atoms with Gasteiger partial charge in [-0.25, -0.2) is 4.98 Å². The van der Waals surface area contributed by atoms with Crippen LogP contribution in [0.25, 0.3) is 11.3 Å². The number of aromatic nitrogens is 1. The first-order valence-corrected chi connectivity index (χ1v) is 10.6. The number of anilines is 2. The van der Waals surface area contributed by atoms with Crippen LogP contribution >= 0.6 is 27.3 Å². The van der Waals surface area contributed by atoms with E-state index in [0.29, 0.717) is 21.4 Å². The van der Waals surface area contributed by atoms with Crippen LogP contribution in [0.1, 0.15) is 26.5 Å². The number of nitrogens with one attached hydrogen (secondary N) is 2. The summed E-state index contributed by atoms with van der Waals surface area (Å²) in [5.41, 5.74) is 3.02. The van der Waals surface area contributed by atoms with Crippen molar-refractivity contribution in [1.82, 2.24) is 4.98 Å². The van der Waals surface area contributed by atoms with E-state index in [9.17, 15) is 9.59 Å². The Morgan fingerprint density at radius 2 is 1.70 bits per heavy atom. The minimum atomic E-state index is -0.386. The van der Waals surface area contributed by atoms with Crippen molar-refractivity contribution in [1.29, 1.82) is 0 Å². The van der Waals surface area contributed by atoms with Gasteiger partial charge in [-0.05, 0) is 43.3 Å². The second-order valence-electron chi connectivity index (χ2n) is 6.46. The van der Waals surface area contributed by atoms with Crippen molar-refractivity contribution in [2.75, 3.05) is 10.6 Å². The highest BCUT2D eigenvalue weighted by atomic mass is 79.9. The van der Waals surface area contributed by atoms with Gasteiger partial charge in [0.15, 0.2) is 10.9 Å². The Balaban J connectivity index is 1.64. The molecule has 0 saturated carbocycles. The molecule has 2 heterocycles. The molecule has 150 valence electrons. The van der Waals surface area contributed by atoms with Gasteiger partial charge in [0.25, 0.3) is 11.8 Å². The summed E-state index contributed by atoms with van der Waals surface area (Å²) in [7, 11) is 0. The van der Waals surface area contributed by atoms with E-state index < -0.39 is 0 Å². The number of carbonyl (C=O) groups is 2. The fraction of sp³-hybridized carbons (Fsp3) is 0.0455. The van der Waals surface area contributed by atoms with Gasteiger partial charge in [-0.3, -0.25) is 14.9 Å². The first kappa shape index (κ1) is 20.1. The topological polar surface area (TPSA) is 84.2 Å². The number of furan rings is 1. The van der Waals surface area contributed by atoms with E-state index >= 15 is 0 Å². The number of amides is 2. The lowest BCUT2D eigenvalue weighted by Crippen LogP contribution is -2.11. The highest BCUT2D eigenvalue weighted by molar-refractivity contribution is 9.10. The molecule has 0 aliphatic rings. The lowest BCUT2D eigenvalue weighted by molar-refractivity contribution is 0.0995. The van der Waals surface area contributed by atoms with E-state index in [2.05, 4.69) is 31.5 Å². The number of benzene rings is 2. The number of nitrogens with zero attached hydrogens (tertiary/aromatic N) is 1. The standard InChI is InChI=1S/C22H16BrN3O3S/c1-13-4-6-14(7-5-13)18-21(25-20(28)17-3-2-12-29-17)30-22(24-18)26-19(27)15-8-10-16(23)11-9-15/h2-12H,1H3,(H,25,28)(H,24,26,27). The number of halogens is 1. The van der Waals surface area contributed by atoms with E-state index in [0.717, 1.165) is 15.6 Å². The normalized spacial score (nSPS) is 10.6. The molecule has 0 saturated heterocycles. The molecule has 2 aromatic heterocycles. The molecule has 0 aliphatic carbocycles. The van der Waals surface area contributed by atoms with Gasteiger partial charge < -0.3 is 9.73 Å². The van der Waals surface area contributed by atoms with Crippen molar-refractivity contribution in [3.8, 4) is 11.3 Å². The van der Waals surface area contributed by atoms with Gasteiger partial charge in [0, 0.05) is 15.6 Å². The summed E-state index contributed by atoms with van der Waals surface area (Å²) in [5, 5.41) is 6.54. The Hall–Kier alpha value is -3.23. The third kappa shape index (κ3) is 4.50. The first-order chi connectivity index (χ1) is 14.5. The zero-order valence-corrected chi connectivity index (χ0v) is 18.2. The molecule has 4 rings (SSSR count). The molecule has 2 N–H and O–H groups in total. The Kier molecular flexibility index (Phi) is 5.78. The zero-order chi connectivity index (χ0) is 21.1. The van der Waals surface area contributed by atoms with Crippen LogP contribution < -0.4 is 10.6 Å². The zero-order valence-electron chi connectivity index (χ0n) is 15.8. The average Bonchev–Trinajstić information content (AvgIpc) is 3.39. The Morgan fingerprint density at radius 3 is 2.37 bits per heavy atom. The van der Waals surface area contributed by atoms with Crippen LogP contribution in [-0.2, 0) is 0 Å². The van der Waals surface area contributed by atoms with E-state index in [1.807, 2.05) is 31.2 Å². The number of rotatable bonds is 5. The summed E-state index contributed by atoms with van der Waals surface area (Å²) in [6.07, 6.45) is 1.44. The van der Waals surface area contributed by atoms with Gasteiger partial charge in [-0.1, -0.05) is 57.1 Å². The second-order valence-corrected chi connectivity index (χ2v) is 8.37. The van der Waals surface area contributed by atoms with Crippen molar-refractivity contribution in [2.24, 2.45) is 0 Å². The van der Waals surface area contributed by atoms with Crippen LogP contribution in [0.5, 0.6) is 0 Å². The van der Waals surface area contributed by atoms with Crippen LogP contribution in [0.4, 0.5) is 10.1 Å². The van der Waals surface area contributed by atoms with Gasteiger partial charge in [-0.2, -0.15) is 0 Å². The SMILES string of the molecule is Cc1ccc(-c2nc(NC(=O)c3ccc(Br)cc3)sc2NC(=O)c2ccco2)cc1. The molecule has 4 aromatic rings. The molecule has 6 nitrogen and oxygen atoms in total. The molecule has 0 atom stereocenters. The Bertz CT molecular complexity index is 1180. The summed E-state index contributed by atoms with van der Waals surface area (Å²) >= 11 is 4.54. The molecule has 0 fully saturated rings. The molecular formula is C22H16BrN3O3S. The molecule has 2 amide bonds. The number of aryl methyl sites for hydroxylation is 1. The number of thiazole rings is 1. The smallest absolute Gasteiger partial charge is 0.292 e. The van der Waals surface area contributed by atoms with Crippen molar-refractivity contribution in [2.45, 2.75) is 6.92 Å². The van der Waals surface area contributed by atoms with E-state index in [1.54, 1.807) is 36.4 Å². The summed E-state index contributed by atoms with van der Waals surface area (Å²) < 4.78 is 6.05. The van der Waals surface area contributed by atoms with E-state index in [-0.39, 0.29) is 17.6 Å². The predicted octanol–water partition coefficient (Wildman–Crippen LogP) is 5.98. The molecule has 2 aromatic carbocycles. The molecule has 0 spiro atoms. The largest absolute Gasteiger partial charge is 0.459 e. The maximum absolute atomic E-state index is 12.6. The Labute approximate surface area is 185 Å². The van der Waals surface area contributed by atoms with Gasteiger partial charge in [0.2, 0.25) is 0 Å². The van der Waals surface area contributed by atoms with E-state index in [4.69, 9.17) is 4.42 Å². The van der Waals surface area contributed by atoms with Crippen molar-refractivity contribution in [3.05, 3.63) is 88.3 Å². The van der Waals surface area contributed by atoms with Crippen LogP contribution in [-0.4, -0.2) is 16.8 Å². The fourth-order valence-corrected chi connectivity index (χ4v) is 3.85. The molecule has 8 heteroatoms. The van der Waals surface area contributed by atoms with Crippen LogP contribution in [0, 0.1) is 6.92 Å². The maximum Gasteiger partial charge on any atom is 0.292 e. The molecule has 0 unspecified atom stereocenters. The summed E-state index contributed by atoms with van der Waals surface area (Å²) in [6, 6.07) is 18.0. The molecule has 0 aliphatic heterocycles. The third-order valence-electron chi connectivity index (χ3n) is 4.25. The van der Waals surface area contributed by atoms with Gasteiger partial charge in [0.1, 0.15) is 10.7 Å². The lowest BCUT2D eigenvalue weighted by atomic mass is 10.1. The lowest BCUT2D eigenvalue weighted by Gasteiger charge is -2.04. The van der Waals surface area contributed by atoms with Crippen LogP contribution in [0.3, 0.4) is 0 Å². The quantitative estimate of drug-likeness (QED) is 0.367. The highest BCUT2D eigenvalue weighted by Crippen LogP contribution is 2.36. The monoisotopic (exact) mass is 481 g/mol. The second kappa shape index (κ2) is 8.64. The summed E-state index contributed by atoms with van der Waals surface area (Å²) in [6.45, 7) is 1.99. The third-order valence-corrected chi connectivity index (χ3v) is 5.67. The predicted molar refractivity (Wildman–Crippen MR) is 121 cm³/mol. The maximum atomic E-state index is 12.6. The van der Waals surface area contributed by atoms with Crippen molar-refractivity contribution >= 4 is 49.2 Å². The average molecular weight is 482 g/mol. The molecule has 30 heavy (non-hydrogen) atoms. The van der Waals surface area contributed by atoms with Gasteiger partial charge >= 0.3 is 0 Å². The summed E-state index contributed by atoms with van der Waals surface area (Å²) in [5.74, 6) is -0.475. The van der Waals surface area contributed by atoms with Crippen molar-refractivity contribution < 1.29 is 14.0 Å². The molecular weight excluding hydrogens is 466 g/mol. The Morgan fingerprint density at radius 1 is 0.967 bits per heavy atom.